The molecule has 4 rings (SSSR count). The number of carbonyl (C=O) groups is 2. The second kappa shape index (κ2) is 11.6. The van der Waals surface area contributed by atoms with Crippen molar-refractivity contribution in [1.29, 1.82) is 0 Å². The smallest absolute Gasteiger partial charge is 0.449 e. The zero-order valence-corrected chi connectivity index (χ0v) is 21.8. The third-order valence-corrected chi connectivity index (χ3v) is 7.64. The van der Waals surface area contributed by atoms with Gasteiger partial charge in [-0.2, -0.15) is 0 Å². The van der Waals surface area contributed by atoms with Gasteiger partial charge >= 0.3 is 6.16 Å². The van der Waals surface area contributed by atoms with Gasteiger partial charge in [-0.25, -0.2) is 9.48 Å². The molecule has 36 heavy (non-hydrogen) atoms. The number of thioether (sulfide) groups is 1. The first-order chi connectivity index (χ1) is 17.3. The van der Waals surface area contributed by atoms with Gasteiger partial charge in [0.05, 0.1) is 11.9 Å². The van der Waals surface area contributed by atoms with Crippen LogP contribution in [0.4, 0.5) is 10.6 Å². The molecule has 1 fully saturated rings. The number of rotatable bonds is 8. The van der Waals surface area contributed by atoms with Gasteiger partial charge in [0, 0.05) is 22.6 Å². The van der Waals surface area contributed by atoms with Crippen LogP contribution in [0, 0.1) is 11.8 Å². The molecular formula is C28H33N3O4S. The van der Waals surface area contributed by atoms with E-state index in [4.69, 9.17) is 4.74 Å². The molecule has 1 aliphatic carbocycles. The fraction of sp³-hybridized carbons (Fsp3) is 0.393. The molecule has 0 saturated heterocycles. The van der Waals surface area contributed by atoms with Gasteiger partial charge in [0.1, 0.15) is 0 Å². The van der Waals surface area contributed by atoms with Crippen molar-refractivity contribution in [1.82, 2.24) is 9.78 Å². The number of hydrogen-bond acceptors (Lipinski definition) is 5. The fourth-order valence-electron chi connectivity index (χ4n) is 4.55. The maximum Gasteiger partial charge on any atom is 0.511 e. The lowest BCUT2D eigenvalue weighted by Crippen LogP contribution is -2.42. The Morgan fingerprint density at radius 1 is 1.08 bits per heavy atom. The van der Waals surface area contributed by atoms with Crippen LogP contribution < -0.4 is 9.64 Å². The molecule has 190 valence electrons. The first-order valence-corrected chi connectivity index (χ1v) is 13.4. The van der Waals surface area contributed by atoms with Crippen LogP contribution in [0.15, 0.2) is 65.7 Å². The molecule has 1 amide bonds. The molecule has 2 aromatic carbocycles. The third-order valence-electron chi connectivity index (χ3n) is 6.56. The summed E-state index contributed by atoms with van der Waals surface area (Å²) < 4.78 is 6.66. The summed E-state index contributed by atoms with van der Waals surface area (Å²) in [7, 11) is 0. The highest BCUT2D eigenvalue weighted by atomic mass is 32.2. The molecule has 0 spiro atoms. The molecule has 0 radical (unpaired) electrons. The number of carbonyl (C=O) groups excluding carboxylic acids is 1. The predicted octanol–water partition coefficient (Wildman–Crippen LogP) is 6.79. The van der Waals surface area contributed by atoms with E-state index in [0.29, 0.717) is 5.92 Å². The molecule has 1 aliphatic rings. The molecule has 8 heteroatoms. The lowest BCUT2D eigenvalue weighted by molar-refractivity contribution is -0.124. The third kappa shape index (κ3) is 6.29. The van der Waals surface area contributed by atoms with Crippen molar-refractivity contribution < 1.29 is 19.4 Å². The van der Waals surface area contributed by atoms with Crippen LogP contribution in [-0.2, 0) is 10.5 Å². The van der Waals surface area contributed by atoms with Gasteiger partial charge in [0.2, 0.25) is 11.7 Å². The normalized spacial score (nSPS) is 17.7. The van der Waals surface area contributed by atoms with Crippen molar-refractivity contribution in [3.63, 3.8) is 0 Å². The fourth-order valence-corrected chi connectivity index (χ4v) is 5.43. The molecule has 1 saturated carbocycles. The van der Waals surface area contributed by atoms with Crippen LogP contribution in [0.3, 0.4) is 0 Å². The van der Waals surface area contributed by atoms with E-state index in [2.05, 4.69) is 24.2 Å². The zero-order chi connectivity index (χ0) is 25.7. The van der Waals surface area contributed by atoms with E-state index in [9.17, 15) is 14.7 Å². The molecule has 0 aliphatic heterocycles. The number of anilines is 1. The van der Waals surface area contributed by atoms with Crippen molar-refractivity contribution >= 4 is 29.6 Å². The van der Waals surface area contributed by atoms with Gasteiger partial charge < -0.3 is 9.84 Å². The predicted molar refractivity (Wildman–Crippen MR) is 142 cm³/mol. The molecule has 0 atom stereocenters. The minimum Gasteiger partial charge on any atom is -0.449 e. The summed E-state index contributed by atoms with van der Waals surface area (Å²) in [6.07, 6.45) is 3.80. The van der Waals surface area contributed by atoms with Gasteiger partial charge in [0.25, 0.3) is 0 Å². The average molecular weight is 508 g/mol. The molecule has 1 aromatic heterocycles. The second-order valence-corrected chi connectivity index (χ2v) is 10.7. The van der Waals surface area contributed by atoms with Gasteiger partial charge in [0.15, 0.2) is 5.75 Å². The van der Waals surface area contributed by atoms with Gasteiger partial charge in [-0.05, 0) is 75.3 Å². The minimum atomic E-state index is -1.44. The Kier molecular flexibility index (Phi) is 8.36. The van der Waals surface area contributed by atoms with E-state index in [1.54, 1.807) is 21.3 Å². The molecule has 0 bridgehead atoms. The van der Waals surface area contributed by atoms with Crippen molar-refractivity contribution in [2.24, 2.45) is 11.8 Å². The van der Waals surface area contributed by atoms with Gasteiger partial charge in [-0.3, -0.25) is 9.69 Å². The van der Waals surface area contributed by atoms with Gasteiger partial charge in [-0.1, -0.05) is 37.3 Å². The van der Waals surface area contributed by atoms with Crippen LogP contribution in [0.5, 0.6) is 5.75 Å². The van der Waals surface area contributed by atoms with Crippen LogP contribution >= 0.6 is 11.8 Å². The van der Waals surface area contributed by atoms with Crippen LogP contribution in [0.2, 0.25) is 0 Å². The maximum absolute atomic E-state index is 13.5. The molecule has 3 aromatic rings. The number of benzene rings is 2. The highest BCUT2D eigenvalue weighted by Crippen LogP contribution is 2.35. The minimum absolute atomic E-state index is 0.0225. The molecular weight excluding hydrogens is 474 g/mol. The van der Waals surface area contributed by atoms with Crippen molar-refractivity contribution in [2.45, 2.75) is 63.1 Å². The van der Waals surface area contributed by atoms with Crippen LogP contribution in [-0.4, -0.2) is 33.0 Å². The summed E-state index contributed by atoms with van der Waals surface area (Å²) in [6, 6.07) is 18.0. The van der Waals surface area contributed by atoms with E-state index in [1.807, 2.05) is 56.3 Å². The Hall–Kier alpha value is -3.26. The molecule has 7 nitrogen and oxygen atoms in total. The number of nitrogens with zero attached hydrogens (tertiary/aromatic N) is 3. The summed E-state index contributed by atoms with van der Waals surface area (Å²) in [4.78, 5) is 27.8. The first kappa shape index (κ1) is 25.8. The maximum atomic E-state index is 13.5. The summed E-state index contributed by atoms with van der Waals surface area (Å²) >= 11 is 1.76. The Balaban J connectivity index is 1.57. The summed E-state index contributed by atoms with van der Waals surface area (Å²) in [6.45, 7) is 6.03. The Morgan fingerprint density at radius 2 is 1.75 bits per heavy atom. The van der Waals surface area contributed by atoms with E-state index in [-0.39, 0.29) is 29.4 Å². The lowest BCUT2D eigenvalue weighted by atomic mass is 9.82. The first-order valence-electron chi connectivity index (χ1n) is 12.4. The molecule has 1 heterocycles. The number of aromatic nitrogens is 2. The number of hydrogen-bond donors (Lipinski definition) is 1. The van der Waals surface area contributed by atoms with Crippen molar-refractivity contribution in [2.75, 3.05) is 4.90 Å². The van der Waals surface area contributed by atoms with Gasteiger partial charge in [-0.15, -0.1) is 16.9 Å². The summed E-state index contributed by atoms with van der Waals surface area (Å²) in [5.74, 6) is 1.63. The van der Waals surface area contributed by atoms with Crippen LogP contribution in [0.1, 0.15) is 52.0 Å². The standard InChI is InChI=1S/C28H33N3O4S/c1-19(2)31(27(32)22-13-9-20(3)10-14-22)26-25(35-28(33)34)17-30(29-26)23-15-11-21(12-16-23)18-36-24-7-5-4-6-8-24/h4-8,11-12,15-17,19-20,22H,9-10,13-14,18H2,1-3H3,(H,33,34)/t20-,22-. The number of carboxylic acid groups (broad SMARTS) is 1. The number of amides is 1. The SMILES string of the molecule is CC(C)N(c1nn(-c2ccc(CSc3ccccc3)cc2)cc1OC(=O)O)C(=O)[C@H]1CC[C@H](C)CC1. The van der Waals surface area contributed by atoms with E-state index in [0.717, 1.165) is 42.7 Å². The Morgan fingerprint density at radius 3 is 2.36 bits per heavy atom. The largest absolute Gasteiger partial charge is 0.511 e. The van der Waals surface area contributed by atoms with E-state index < -0.39 is 6.16 Å². The quantitative estimate of drug-likeness (QED) is 0.267. The van der Waals surface area contributed by atoms with E-state index >= 15 is 0 Å². The highest BCUT2D eigenvalue weighted by molar-refractivity contribution is 7.98. The average Bonchev–Trinajstić information content (AvgIpc) is 3.26. The van der Waals surface area contributed by atoms with Crippen LogP contribution in [0.25, 0.3) is 5.69 Å². The summed E-state index contributed by atoms with van der Waals surface area (Å²) in [5, 5.41) is 14.0. The van der Waals surface area contributed by atoms with E-state index in [1.165, 1.54) is 11.1 Å². The molecule has 0 unspecified atom stereocenters. The highest BCUT2D eigenvalue weighted by Gasteiger charge is 2.34. The molecule has 1 N–H and O–H groups in total. The number of ether oxygens (including phenoxy) is 1. The van der Waals surface area contributed by atoms with Crippen molar-refractivity contribution in [3.05, 3.63) is 66.4 Å². The van der Waals surface area contributed by atoms with Crippen molar-refractivity contribution in [3.8, 4) is 11.4 Å². The monoisotopic (exact) mass is 507 g/mol. The lowest BCUT2D eigenvalue weighted by Gasteiger charge is -2.32. The Bertz CT molecular complexity index is 1170. The Labute approximate surface area is 216 Å². The topological polar surface area (TPSA) is 84.7 Å². The summed E-state index contributed by atoms with van der Waals surface area (Å²) in [5.41, 5.74) is 1.92. The second-order valence-electron chi connectivity index (χ2n) is 9.66. The zero-order valence-electron chi connectivity index (χ0n) is 21.0.